The molecule has 0 aromatic carbocycles. The molecule has 0 saturated carbocycles. The summed E-state index contributed by atoms with van der Waals surface area (Å²) >= 11 is 1.60. The molecule has 0 spiro atoms. The van der Waals surface area contributed by atoms with E-state index in [1.807, 2.05) is 30.8 Å². The Hall–Kier alpha value is -1.69. The summed E-state index contributed by atoms with van der Waals surface area (Å²) in [6, 6.07) is 1.89. The van der Waals surface area contributed by atoms with Crippen molar-refractivity contribution in [1.82, 2.24) is 20.1 Å². The predicted octanol–water partition coefficient (Wildman–Crippen LogP) is 1.69. The molecule has 0 aliphatic carbocycles. The topological polar surface area (TPSA) is 59.8 Å². The first-order valence-electron chi connectivity index (χ1n) is 5.85. The van der Waals surface area contributed by atoms with Crippen LogP contribution in [-0.4, -0.2) is 20.7 Å². The Balaban J connectivity index is 1.98. The molecule has 0 fully saturated rings. The molecule has 0 bridgehead atoms. The second-order valence-corrected chi connectivity index (χ2v) is 4.86. The number of nitrogens with one attached hydrogen (secondary N) is 1. The van der Waals surface area contributed by atoms with Crippen LogP contribution in [-0.2, 0) is 18.3 Å². The molecular weight excluding hydrogens is 248 g/mol. The van der Waals surface area contributed by atoms with Gasteiger partial charge in [0.25, 0.3) is 0 Å². The van der Waals surface area contributed by atoms with E-state index in [1.54, 1.807) is 16.0 Å². The van der Waals surface area contributed by atoms with Gasteiger partial charge in [-0.3, -0.25) is 9.48 Å². The van der Waals surface area contributed by atoms with E-state index in [-0.39, 0.29) is 11.9 Å². The fourth-order valence-corrected chi connectivity index (χ4v) is 2.46. The highest BCUT2D eigenvalue weighted by Gasteiger charge is 2.17. The second-order valence-electron chi connectivity index (χ2n) is 4.08. The number of rotatable bonds is 5. The molecule has 1 N–H and O–H groups in total. The van der Waals surface area contributed by atoms with E-state index >= 15 is 0 Å². The van der Waals surface area contributed by atoms with Gasteiger partial charge in [-0.15, -0.1) is 0 Å². The van der Waals surface area contributed by atoms with Crippen molar-refractivity contribution in [3.8, 4) is 0 Å². The summed E-state index contributed by atoms with van der Waals surface area (Å²) in [7, 11) is 1.83. The van der Waals surface area contributed by atoms with Crippen LogP contribution >= 0.6 is 11.3 Å². The first-order valence-corrected chi connectivity index (χ1v) is 6.79. The van der Waals surface area contributed by atoms with E-state index in [0.29, 0.717) is 6.42 Å². The lowest BCUT2D eigenvalue weighted by atomic mass is 10.2. The molecule has 1 amide bonds. The van der Waals surface area contributed by atoms with Gasteiger partial charge in [0, 0.05) is 7.05 Å². The first-order chi connectivity index (χ1) is 8.70. The summed E-state index contributed by atoms with van der Waals surface area (Å²) in [5.74, 6) is 0.805. The molecule has 6 heteroatoms. The molecule has 0 saturated heterocycles. The van der Waals surface area contributed by atoms with E-state index in [4.69, 9.17) is 0 Å². The van der Waals surface area contributed by atoms with E-state index < -0.39 is 0 Å². The third-order valence-electron chi connectivity index (χ3n) is 2.75. The lowest BCUT2D eigenvalue weighted by Gasteiger charge is -2.15. The summed E-state index contributed by atoms with van der Waals surface area (Å²) in [6.45, 7) is 2.02. The zero-order chi connectivity index (χ0) is 13.0. The molecular formula is C12H16N4OS. The molecule has 2 aromatic rings. The van der Waals surface area contributed by atoms with Crippen molar-refractivity contribution >= 4 is 17.2 Å². The SMILES string of the molecule is CCC(NC(=O)Cc1ccsc1)c1ncnn1C. The standard InChI is InChI=1S/C12H16N4OS/c1-3-10(12-13-8-14-16(12)2)15-11(17)6-9-4-5-18-7-9/h4-5,7-8,10H,3,6H2,1-2H3,(H,15,17). The highest BCUT2D eigenvalue weighted by atomic mass is 32.1. The number of nitrogens with zero attached hydrogens (tertiary/aromatic N) is 3. The third kappa shape index (κ3) is 2.95. The van der Waals surface area contributed by atoms with E-state index in [0.717, 1.165) is 17.8 Å². The van der Waals surface area contributed by atoms with E-state index in [1.165, 1.54) is 6.33 Å². The molecule has 96 valence electrons. The summed E-state index contributed by atoms with van der Waals surface area (Å²) in [6.07, 6.45) is 2.71. The van der Waals surface area contributed by atoms with Crippen molar-refractivity contribution < 1.29 is 4.79 Å². The second kappa shape index (κ2) is 5.77. The molecule has 0 radical (unpaired) electrons. The Morgan fingerprint density at radius 3 is 3.00 bits per heavy atom. The molecule has 0 aliphatic rings. The molecule has 2 heterocycles. The number of aryl methyl sites for hydroxylation is 1. The van der Waals surface area contributed by atoms with Gasteiger partial charge in [0.15, 0.2) is 0 Å². The Morgan fingerprint density at radius 2 is 2.44 bits per heavy atom. The van der Waals surface area contributed by atoms with Crippen LogP contribution in [0.3, 0.4) is 0 Å². The quantitative estimate of drug-likeness (QED) is 0.894. The Morgan fingerprint density at radius 1 is 1.61 bits per heavy atom. The van der Waals surface area contributed by atoms with Crippen LogP contribution in [0, 0.1) is 0 Å². The van der Waals surface area contributed by atoms with Gasteiger partial charge in [-0.1, -0.05) is 6.92 Å². The van der Waals surface area contributed by atoms with Crippen molar-refractivity contribution in [2.24, 2.45) is 7.05 Å². The van der Waals surface area contributed by atoms with Gasteiger partial charge in [-0.25, -0.2) is 4.98 Å². The minimum Gasteiger partial charge on any atom is -0.346 e. The van der Waals surface area contributed by atoms with Crippen molar-refractivity contribution in [3.05, 3.63) is 34.5 Å². The number of hydrogen-bond donors (Lipinski definition) is 1. The summed E-state index contributed by atoms with van der Waals surface area (Å²) < 4.78 is 1.69. The van der Waals surface area contributed by atoms with Gasteiger partial charge in [0.2, 0.25) is 5.91 Å². The highest BCUT2D eigenvalue weighted by molar-refractivity contribution is 7.07. The summed E-state index contributed by atoms with van der Waals surface area (Å²) in [5, 5.41) is 11.0. The van der Waals surface area contributed by atoms with E-state index in [2.05, 4.69) is 15.4 Å². The molecule has 1 unspecified atom stereocenters. The third-order valence-corrected chi connectivity index (χ3v) is 3.48. The zero-order valence-corrected chi connectivity index (χ0v) is 11.3. The summed E-state index contributed by atoms with van der Waals surface area (Å²) in [5.41, 5.74) is 1.05. The highest BCUT2D eigenvalue weighted by Crippen LogP contribution is 2.13. The lowest BCUT2D eigenvalue weighted by Crippen LogP contribution is -2.31. The van der Waals surface area contributed by atoms with Crippen LogP contribution in [0.4, 0.5) is 0 Å². The fraction of sp³-hybridized carbons (Fsp3) is 0.417. The maximum atomic E-state index is 11.9. The summed E-state index contributed by atoms with van der Waals surface area (Å²) in [4.78, 5) is 16.1. The number of hydrogen-bond acceptors (Lipinski definition) is 4. The average molecular weight is 264 g/mol. The van der Waals surface area contributed by atoms with Crippen LogP contribution in [0.25, 0.3) is 0 Å². The van der Waals surface area contributed by atoms with Crippen LogP contribution in [0.15, 0.2) is 23.2 Å². The van der Waals surface area contributed by atoms with Crippen LogP contribution in [0.2, 0.25) is 0 Å². The van der Waals surface area contributed by atoms with Crippen molar-refractivity contribution in [1.29, 1.82) is 0 Å². The molecule has 0 aliphatic heterocycles. The van der Waals surface area contributed by atoms with Crippen LogP contribution < -0.4 is 5.32 Å². The fourth-order valence-electron chi connectivity index (χ4n) is 1.79. The van der Waals surface area contributed by atoms with Crippen molar-refractivity contribution in [2.75, 3.05) is 0 Å². The van der Waals surface area contributed by atoms with Gasteiger partial charge < -0.3 is 5.32 Å². The number of thiophene rings is 1. The van der Waals surface area contributed by atoms with Gasteiger partial charge in [0.05, 0.1) is 12.5 Å². The minimum atomic E-state index is -0.0800. The smallest absolute Gasteiger partial charge is 0.225 e. The maximum Gasteiger partial charge on any atom is 0.225 e. The zero-order valence-electron chi connectivity index (χ0n) is 10.5. The molecule has 1 atom stereocenters. The maximum absolute atomic E-state index is 11.9. The average Bonchev–Trinajstić information content (AvgIpc) is 2.98. The van der Waals surface area contributed by atoms with Crippen molar-refractivity contribution in [2.45, 2.75) is 25.8 Å². The molecule has 5 nitrogen and oxygen atoms in total. The van der Waals surface area contributed by atoms with Gasteiger partial charge in [-0.2, -0.15) is 16.4 Å². The Bertz CT molecular complexity index is 506. The molecule has 2 aromatic heterocycles. The van der Waals surface area contributed by atoms with E-state index in [9.17, 15) is 4.79 Å². The molecule has 2 rings (SSSR count). The number of carbonyl (C=O) groups excluding carboxylic acids is 1. The van der Waals surface area contributed by atoms with Crippen LogP contribution in [0.5, 0.6) is 0 Å². The molecule has 18 heavy (non-hydrogen) atoms. The predicted molar refractivity (Wildman–Crippen MR) is 70.2 cm³/mol. The van der Waals surface area contributed by atoms with Crippen LogP contribution in [0.1, 0.15) is 30.8 Å². The Kier molecular flexibility index (Phi) is 4.09. The van der Waals surface area contributed by atoms with Gasteiger partial charge in [-0.05, 0) is 28.8 Å². The largest absolute Gasteiger partial charge is 0.346 e. The Labute approximate surface area is 110 Å². The monoisotopic (exact) mass is 264 g/mol. The first kappa shape index (κ1) is 12.8. The van der Waals surface area contributed by atoms with Crippen molar-refractivity contribution in [3.63, 3.8) is 0 Å². The number of aromatic nitrogens is 3. The number of carbonyl (C=O) groups is 1. The normalized spacial score (nSPS) is 12.3. The van der Waals surface area contributed by atoms with Gasteiger partial charge >= 0.3 is 0 Å². The number of amides is 1. The van der Waals surface area contributed by atoms with Gasteiger partial charge in [0.1, 0.15) is 12.2 Å². The lowest BCUT2D eigenvalue weighted by molar-refractivity contribution is -0.121. The minimum absolute atomic E-state index is 0.0169.